The van der Waals surface area contributed by atoms with Crippen molar-refractivity contribution in [3.8, 4) is 5.69 Å². The van der Waals surface area contributed by atoms with Crippen molar-refractivity contribution < 1.29 is 8.81 Å². The molecule has 1 aromatic carbocycles. The first-order valence-electron chi connectivity index (χ1n) is 12.6. The average molecular weight is 468 g/mol. The van der Waals surface area contributed by atoms with Gasteiger partial charge in [-0.3, -0.25) is 4.90 Å². The molecule has 34 heavy (non-hydrogen) atoms. The number of benzene rings is 1. The van der Waals surface area contributed by atoms with E-state index in [0.717, 1.165) is 81.6 Å². The number of rotatable bonds is 10. The van der Waals surface area contributed by atoms with Crippen LogP contribution in [0, 0.1) is 5.82 Å². The molecule has 0 saturated carbocycles. The van der Waals surface area contributed by atoms with Crippen LogP contribution in [0.5, 0.6) is 0 Å². The Hall–Kier alpha value is -2.64. The Balaban J connectivity index is 1.77. The van der Waals surface area contributed by atoms with Crippen LogP contribution in [-0.2, 0) is 19.5 Å². The number of halogens is 1. The number of anilines is 1. The number of aromatic nitrogens is 2. The topological polar surface area (TPSA) is 40.7 Å². The largest absolute Gasteiger partial charge is 0.468 e. The molecule has 0 N–H and O–H groups in total. The Morgan fingerprint density at radius 2 is 1.85 bits per heavy atom. The first kappa shape index (κ1) is 24.5. The lowest BCUT2D eigenvalue weighted by Gasteiger charge is -2.36. The van der Waals surface area contributed by atoms with Crippen LogP contribution < -0.4 is 4.90 Å². The Labute approximate surface area is 202 Å². The van der Waals surface area contributed by atoms with Crippen molar-refractivity contribution in [3.63, 3.8) is 0 Å². The van der Waals surface area contributed by atoms with Crippen LogP contribution in [-0.4, -0.2) is 58.3 Å². The molecule has 7 heteroatoms. The molecule has 184 valence electrons. The van der Waals surface area contributed by atoms with Crippen LogP contribution in [0.25, 0.3) is 5.69 Å². The van der Waals surface area contributed by atoms with Gasteiger partial charge in [0.25, 0.3) is 0 Å². The number of likely N-dealkylation sites (N-methyl/N-ethyl adjacent to an activating group) is 1. The summed E-state index contributed by atoms with van der Waals surface area (Å²) in [5, 5.41) is 5.08. The average Bonchev–Trinajstić information content (AvgIpc) is 3.47. The molecule has 0 radical (unpaired) electrons. The number of aryl methyl sites for hydroxylation is 1. The van der Waals surface area contributed by atoms with Gasteiger partial charge in [0.2, 0.25) is 0 Å². The summed E-state index contributed by atoms with van der Waals surface area (Å²) in [5.74, 6) is 1.83. The second kappa shape index (κ2) is 11.2. The molecule has 1 saturated heterocycles. The van der Waals surface area contributed by atoms with Crippen LogP contribution in [0.2, 0.25) is 0 Å². The quantitative estimate of drug-likeness (QED) is 0.414. The van der Waals surface area contributed by atoms with Crippen LogP contribution >= 0.6 is 0 Å². The van der Waals surface area contributed by atoms with Crippen molar-refractivity contribution in [2.75, 3.05) is 37.6 Å². The van der Waals surface area contributed by atoms with Crippen molar-refractivity contribution in [2.45, 2.75) is 59.7 Å². The van der Waals surface area contributed by atoms with Gasteiger partial charge in [-0.15, -0.1) is 0 Å². The molecule has 0 bridgehead atoms. The molecule has 1 aliphatic rings. The third-order valence-electron chi connectivity index (χ3n) is 6.73. The molecule has 1 fully saturated rings. The second-order valence-corrected chi connectivity index (χ2v) is 9.39. The first-order valence-corrected chi connectivity index (χ1v) is 12.6. The smallest absolute Gasteiger partial charge is 0.137 e. The predicted octanol–water partition coefficient (Wildman–Crippen LogP) is 5.11. The Bertz CT molecular complexity index is 1040. The van der Waals surface area contributed by atoms with E-state index in [-0.39, 0.29) is 5.82 Å². The molecule has 6 nitrogen and oxygen atoms in total. The third kappa shape index (κ3) is 5.53. The zero-order valence-corrected chi connectivity index (χ0v) is 21.0. The maximum atomic E-state index is 14.2. The lowest BCUT2D eigenvalue weighted by atomic mass is 10.1. The van der Waals surface area contributed by atoms with E-state index in [1.54, 1.807) is 18.4 Å². The fourth-order valence-electron chi connectivity index (χ4n) is 4.70. The van der Waals surface area contributed by atoms with Crippen LogP contribution in [0.1, 0.15) is 51.1 Å². The molecule has 0 amide bonds. The standard InChI is InChI=1S/C27H38FN5O/c1-5-9-26-25(20-32(21(3)4)19-24-12-8-17-34-24)27(31-15-13-30(6-2)14-16-31)33(29-26)23-11-7-10-22(28)18-23/h7-8,10-12,17-18,21H,5-6,9,13-16,19-20H2,1-4H3. The summed E-state index contributed by atoms with van der Waals surface area (Å²) in [5.41, 5.74) is 3.12. The number of furan rings is 1. The van der Waals surface area contributed by atoms with E-state index in [9.17, 15) is 4.39 Å². The van der Waals surface area contributed by atoms with Crippen molar-refractivity contribution in [1.29, 1.82) is 0 Å². The van der Waals surface area contributed by atoms with Crippen LogP contribution in [0.15, 0.2) is 47.1 Å². The highest BCUT2D eigenvalue weighted by molar-refractivity contribution is 5.56. The van der Waals surface area contributed by atoms with Crippen molar-refractivity contribution >= 4 is 5.82 Å². The Morgan fingerprint density at radius 1 is 1.06 bits per heavy atom. The molecule has 4 rings (SSSR count). The fraction of sp³-hybridized carbons (Fsp3) is 0.519. The molecule has 1 aliphatic heterocycles. The second-order valence-electron chi connectivity index (χ2n) is 9.39. The highest BCUT2D eigenvalue weighted by atomic mass is 19.1. The minimum Gasteiger partial charge on any atom is -0.468 e. The van der Waals surface area contributed by atoms with Gasteiger partial charge in [0, 0.05) is 44.3 Å². The maximum Gasteiger partial charge on any atom is 0.137 e. The summed E-state index contributed by atoms with van der Waals surface area (Å²) in [6, 6.07) is 11.1. The summed E-state index contributed by atoms with van der Waals surface area (Å²) >= 11 is 0. The minimum atomic E-state index is -0.241. The molecule has 2 aromatic heterocycles. The van der Waals surface area contributed by atoms with Gasteiger partial charge in [-0.2, -0.15) is 5.10 Å². The zero-order chi connectivity index (χ0) is 24.1. The third-order valence-corrected chi connectivity index (χ3v) is 6.73. The van der Waals surface area contributed by atoms with E-state index in [4.69, 9.17) is 9.52 Å². The maximum absolute atomic E-state index is 14.2. The van der Waals surface area contributed by atoms with Crippen molar-refractivity contribution in [2.24, 2.45) is 0 Å². The lowest BCUT2D eigenvalue weighted by molar-refractivity contribution is 0.187. The highest BCUT2D eigenvalue weighted by Crippen LogP contribution is 2.32. The summed E-state index contributed by atoms with van der Waals surface area (Å²) in [6.45, 7) is 15.3. The molecule has 0 unspecified atom stereocenters. The Morgan fingerprint density at radius 3 is 2.47 bits per heavy atom. The van der Waals surface area contributed by atoms with Crippen molar-refractivity contribution in [3.05, 3.63) is 65.5 Å². The zero-order valence-electron chi connectivity index (χ0n) is 21.0. The molecule has 3 heterocycles. The molecule has 0 spiro atoms. The van der Waals surface area contributed by atoms with Gasteiger partial charge in [-0.1, -0.05) is 26.3 Å². The van der Waals surface area contributed by atoms with Gasteiger partial charge in [-0.25, -0.2) is 9.07 Å². The van der Waals surface area contributed by atoms with E-state index in [0.29, 0.717) is 6.04 Å². The van der Waals surface area contributed by atoms with E-state index in [1.807, 2.05) is 22.9 Å². The molecule has 0 aliphatic carbocycles. The van der Waals surface area contributed by atoms with Crippen LogP contribution in [0.3, 0.4) is 0 Å². The predicted molar refractivity (Wildman–Crippen MR) is 135 cm³/mol. The van der Waals surface area contributed by atoms with Crippen molar-refractivity contribution in [1.82, 2.24) is 19.6 Å². The van der Waals surface area contributed by atoms with Gasteiger partial charge in [0.1, 0.15) is 17.4 Å². The molecular formula is C27H38FN5O. The van der Waals surface area contributed by atoms with Gasteiger partial charge < -0.3 is 14.2 Å². The number of nitrogens with zero attached hydrogens (tertiary/aromatic N) is 5. The van der Waals surface area contributed by atoms with Crippen LogP contribution in [0.4, 0.5) is 10.2 Å². The minimum absolute atomic E-state index is 0.241. The lowest BCUT2D eigenvalue weighted by Crippen LogP contribution is -2.47. The summed E-state index contributed by atoms with van der Waals surface area (Å²) < 4.78 is 21.9. The van der Waals surface area contributed by atoms with Gasteiger partial charge in [-0.05, 0) is 57.1 Å². The Kier molecular flexibility index (Phi) is 8.06. The summed E-state index contributed by atoms with van der Waals surface area (Å²) in [6.07, 6.45) is 3.64. The summed E-state index contributed by atoms with van der Waals surface area (Å²) in [4.78, 5) is 7.35. The number of piperazine rings is 1. The SMILES string of the molecule is CCCc1nn(-c2cccc(F)c2)c(N2CCN(CC)CC2)c1CN(Cc1ccco1)C(C)C. The fourth-order valence-corrected chi connectivity index (χ4v) is 4.70. The first-order chi connectivity index (χ1) is 16.5. The van der Waals surface area contributed by atoms with Gasteiger partial charge in [0.15, 0.2) is 0 Å². The molecular weight excluding hydrogens is 429 g/mol. The highest BCUT2D eigenvalue weighted by Gasteiger charge is 2.28. The summed E-state index contributed by atoms with van der Waals surface area (Å²) in [7, 11) is 0. The molecule has 0 atom stereocenters. The number of hydrogen-bond acceptors (Lipinski definition) is 5. The van der Waals surface area contributed by atoms with E-state index >= 15 is 0 Å². The van der Waals surface area contributed by atoms with Gasteiger partial charge in [0.05, 0.1) is 24.2 Å². The van der Waals surface area contributed by atoms with E-state index in [2.05, 4.69) is 42.4 Å². The van der Waals surface area contributed by atoms with E-state index < -0.39 is 0 Å². The monoisotopic (exact) mass is 467 g/mol. The van der Waals surface area contributed by atoms with E-state index in [1.165, 1.54) is 11.6 Å². The molecule has 3 aromatic rings. The van der Waals surface area contributed by atoms with Gasteiger partial charge >= 0.3 is 0 Å². The normalized spacial score (nSPS) is 15.1. The number of hydrogen-bond donors (Lipinski definition) is 0.